The molecule has 16 nitrogen and oxygen atoms in total. The molecule has 1 atom stereocenters. The molecular formula is C27H43N3O13S. The third kappa shape index (κ3) is 19.3. The Hall–Kier alpha value is -3.06. The Morgan fingerprint density at radius 3 is 1.98 bits per heavy atom. The molecule has 2 N–H and O–H groups in total. The van der Waals surface area contributed by atoms with Crippen molar-refractivity contribution in [1.82, 2.24) is 10.0 Å². The van der Waals surface area contributed by atoms with Gasteiger partial charge in [-0.15, -0.1) is 0 Å². The average Bonchev–Trinajstić information content (AvgIpc) is 3.00. The van der Waals surface area contributed by atoms with Gasteiger partial charge in [0.15, 0.2) is 12.4 Å². The van der Waals surface area contributed by atoms with Gasteiger partial charge in [0.05, 0.1) is 69.3 Å². The smallest absolute Gasteiger partial charge is 0.306 e. The van der Waals surface area contributed by atoms with E-state index < -0.39 is 27.0 Å². The average molecular weight is 650 g/mol. The van der Waals surface area contributed by atoms with Crippen molar-refractivity contribution in [3.8, 4) is 0 Å². The summed E-state index contributed by atoms with van der Waals surface area (Å²) in [4.78, 5) is 45.2. The first-order valence-electron chi connectivity index (χ1n) is 14.1. The van der Waals surface area contributed by atoms with Gasteiger partial charge in [-0.25, -0.2) is 13.1 Å². The highest BCUT2D eigenvalue weighted by molar-refractivity contribution is 7.89. The Morgan fingerprint density at radius 2 is 1.43 bits per heavy atom. The van der Waals surface area contributed by atoms with Gasteiger partial charge in [0.25, 0.3) is 5.69 Å². The molecular weight excluding hydrogens is 606 g/mol. The van der Waals surface area contributed by atoms with Crippen LogP contribution < -0.4 is 10.0 Å². The highest BCUT2D eigenvalue weighted by atomic mass is 32.2. The van der Waals surface area contributed by atoms with Crippen LogP contribution in [0.1, 0.15) is 32.1 Å². The molecule has 0 aliphatic carbocycles. The number of ether oxygens (including phenoxy) is 6. The predicted molar refractivity (Wildman–Crippen MR) is 155 cm³/mol. The fourth-order valence-corrected chi connectivity index (χ4v) is 4.45. The summed E-state index contributed by atoms with van der Waals surface area (Å²) in [5.41, 5.74) is -0.238. The molecule has 44 heavy (non-hydrogen) atoms. The molecule has 0 saturated heterocycles. The molecule has 0 spiro atoms. The molecule has 0 aliphatic heterocycles. The maximum atomic E-state index is 12.3. The number of non-ortho nitro benzene ring substituents is 1. The lowest BCUT2D eigenvalue weighted by atomic mass is 10.2. The minimum absolute atomic E-state index is 0.0421. The Morgan fingerprint density at radius 1 is 0.864 bits per heavy atom. The normalized spacial score (nSPS) is 12.0. The first kappa shape index (κ1) is 39.0. The molecule has 0 aromatic heterocycles. The van der Waals surface area contributed by atoms with Crippen LogP contribution in [0.15, 0.2) is 29.2 Å². The van der Waals surface area contributed by atoms with Crippen LogP contribution >= 0.6 is 0 Å². The van der Waals surface area contributed by atoms with E-state index in [9.17, 15) is 32.9 Å². The maximum Gasteiger partial charge on any atom is 0.306 e. The number of sulfonamides is 1. The molecule has 1 aromatic rings. The Bertz CT molecular complexity index is 1070. The number of hydrogen-bond acceptors (Lipinski definition) is 13. The topological polar surface area (TPSA) is 208 Å². The zero-order chi connectivity index (χ0) is 32.5. The van der Waals surface area contributed by atoms with Crippen LogP contribution in [0.4, 0.5) is 5.69 Å². The summed E-state index contributed by atoms with van der Waals surface area (Å²) >= 11 is 0. The number of benzene rings is 1. The van der Waals surface area contributed by atoms with Gasteiger partial charge in [-0.2, -0.15) is 0 Å². The number of aldehydes is 1. The zero-order valence-corrected chi connectivity index (χ0v) is 25.8. The summed E-state index contributed by atoms with van der Waals surface area (Å²) in [6.45, 7) is 4.26. The summed E-state index contributed by atoms with van der Waals surface area (Å²) in [5, 5.41) is 13.4. The highest BCUT2D eigenvalue weighted by Crippen LogP contribution is 2.15. The maximum absolute atomic E-state index is 12.3. The second-order valence-electron chi connectivity index (χ2n) is 9.10. The summed E-state index contributed by atoms with van der Waals surface area (Å²) < 4.78 is 58.2. The molecule has 0 saturated carbocycles. The van der Waals surface area contributed by atoms with Crippen LogP contribution in [0, 0.1) is 10.1 Å². The van der Waals surface area contributed by atoms with Crippen molar-refractivity contribution in [3.63, 3.8) is 0 Å². The van der Waals surface area contributed by atoms with Crippen LogP contribution in [0.25, 0.3) is 0 Å². The molecule has 1 aromatic carbocycles. The largest absolute Gasteiger partial charge is 0.455 e. The van der Waals surface area contributed by atoms with E-state index in [1.807, 2.05) is 0 Å². The van der Waals surface area contributed by atoms with Crippen molar-refractivity contribution in [2.45, 2.75) is 43.1 Å². The summed E-state index contributed by atoms with van der Waals surface area (Å²) in [6.07, 6.45) is -0.0747. The standard InChI is InChI=1S/C27H43N3O13S/c1-38-14-15-40-18-19-42-21-20-41-17-16-39-13-12-28-26(32)5-2-6-27(33)43-24(22-31)4-3-11-29-44(36,37)25-9-7-23(8-10-25)30(34)35/h7-10,22,24,29H,2-6,11-21H2,1H3,(H,28,32). The molecule has 0 fully saturated rings. The summed E-state index contributed by atoms with van der Waals surface area (Å²) in [6, 6.07) is 4.40. The molecule has 1 amide bonds. The van der Waals surface area contributed by atoms with Crippen LogP contribution in [0.3, 0.4) is 0 Å². The Balaban J connectivity index is 2.04. The highest BCUT2D eigenvalue weighted by Gasteiger charge is 2.17. The molecule has 0 bridgehead atoms. The van der Waals surface area contributed by atoms with Crippen molar-refractivity contribution in [2.75, 3.05) is 79.7 Å². The van der Waals surface area contributed by atoms with Gasteiger partial charge < -0.3 is 33.7 Å². The number of carbonyl (C=O) groups excluding carboxylic acids is 3. The number of amides is 1. The number of carbonyl (C=O) groups is 3. The first-order chi connectivity index (χ1) is 21.2. The number of esters is 1. The first-order valence-corrected chi connectivity index (χ1v) is 15.6. The number of nitro groups is 1. The number of nitrogens with one attached hydrogen (secondary N) is 2. The van der Waals surface area contributed by atoms with Gasteiger partial charge in [-0.05, 0) is 31.4 Å². The van der Waals surface area contributed by atoms with E-state index in [1.54, 1.807) is 7.11 Å². The number of hydrogen-bond donors (Lipinski definition) is 2. The van der Waals surface area contributed by atoms with E-state index in [-0.39, 0.29) is 55.1 Å². The fourth-order valence-electron chi connectivity index (χ4n) is 3.37. The molecule has 0 heterocycles. The van der Waals surface area contributed by atoms with Crippen LogP contribution in [-0.4, -0.2) is 117 Å². The SMILES string of the molecule is COCCOCCOCCOCCOCCNC(=O)CCCC(=O)OC(C=O)CCCNS(=O)(=O)c1ccc([N+](=O)[O-])cc1. The second-order valence-corrected chi connectivity index (χ2v) is 10.9. The molecule has 250 valence electrons. The quantitative estimate of drug-likeness (QED) is 0.0423. The van der Waals surface area contributed by atoms with Gasteiger partial charge in [-0.3, -0.25) is 24.5 Å². The van der Waals surface area contributed by atoms with Crippen LogP contribution in [-0.2, 0) is 52.8 Å². The van der Waals surface area contributed by atoms with E-state index in [4.69, 9.17) is 28.4 Å². The van der Waals surface area contributed by atoms with Crippen molar-refractivity contribution >= 4 is 33.9 Å². The van der Waals surface area contributed by atoms with Gasteiger partial charge in [0, 0.05) is 45.2 Å². The minimum atomic E-state index is -3.90. The number of nitrogens with zero attached hydrogens (tertiary/aromatic N) is 1. The lowest BCUT2D eigenvalue weighted by molar-refractivity contribution is -0.384. The van der Waals surface area contributed by atoms with Gasteiger partial charge in [0.1, 0.15) is 0 Å². The van der Waals surface area contributed by atoms with Gasteiger partial charge in [0.2, 0.25) is 15.9 Å². The van der Waals surface area contributed by atoms with Crippen molar-refractivity contribution in [3.05, 3.63) is 34.4 Å². The van der Waals surface area contributed by atoms with Gasteiger partial charge in [-0.1, -0.05) is 0 Å². The number of methoxy groups -OCH3 is 1. The van der Waals surface area contributed by atoms with E-state index in [2.05, 4.69) is 10.0 Å². The van der Waals surface area contributed by atoms with E-state index in [1.165, 1.54) is 0 Å². The molecule has 0 aliphatic rings. The van der Waals surface area contributed by atoms with Gasteiger partial charge >= 0.3 is 5.97 Å². The predicted octanol–water partition coefficient (Wildman–Crippen LogP) is 0.763. The van der Waals surface area contributed by atoms with E-state index in [0.717, 1.165) is 24.3 Å². The number of rotatable bonds is 28. The lowest BCUT2D eigenvalue weighted by Crippen LogP contribution is -2.28. The zero-order valence-electron chi connectivity index (χ0n) is 24.9. The van der Waals surface area contributed by atoms with Crippen molar-refractivity contribution in [2.24, 2.45) is 0 Å². The van der Waals surface area contributed by atoms with Crippen molar-refractivity contribution < 1.29 is 56.1 Å². The summed E-state index contributed by atoms with van der Waals surface area (Å²) in [7, 11) is -2.29. The van der Waals surface area contributed by atoms with Crippen LogP contribution in [0.2, 0.25) is 0 Å². The summed E-state index contributed by atoms with van der Waals surface area (Å²) in [5.74, 6) is -0.904. The van der Waals surface area contributed by atoms with E-state index in [0.29, 0.717) is 72.3 Å². The van der Waals surface area contributed by atoms with Crippen molar-refractivity contribution in [1.29, 1.82) is 0 Å². The third-order valence-electron chi connectivity index (χ3n) is 5.65. The second kappa shape index (κ2) is 24.3. The molecule has 17 heteroatoms. The Labute approximate surface area is 257 Å². The molecule has 1 rings (SSSR count). The van der Waals surface area contributed by atoms with Crippen LogP contribution in [0.5, 0.6) is 0 Å². The minimum Gasteiger partial charge on any atom is -0.455 e. The van der Waals surface area contributed by atoms with E-state index >= 15 is 0 Å². The third-order valence-corrected chi connectivity index (χ3v) is 7.13. The lowest BCUT2D eigenvalue weighted by Gasteiger charge is -2.13. The molecule has 0 radical (unpaired) electrons. The molecule has 1 unspecified atom stereocenters. The number of nitro benzene ring substituents is 1. The fraction of sp³-hybridized carbons (Fsp3) is 0.667. The monoisotopic (exact) mass is 649 g/mol. The Kier molecular flexibility index (Phi) is 21.5.